The summed E-state index contributed by atoms with van der Waals surface area (Å²) in [5.74, 6) is -2.50. The van der Waals surface area contributed by atoms with Crippen LogP contribution >= 0.6 is 0 Å². The van der Waals surface area contributed by atoms with E-state index in [1.165, 1.54) is 24.3 Å². The van der Waals surface area contributed by atoms with Crippen molar-refractivity contribution >= 4 is 52.4 Å². The molecule has 2 aliphatic rings. The van der Waals surface area contributed by atoms with Crippen molar-refractivity contribution in [3.05, 3.63) is 183 Å². The van der Waals surface area contributed by atoms with Crippen molar-refractivity contribution in [1.29, 1.82) is 0 Å². The van der Waals surface area contributed by atoms with Gasteiger partial charge in [-0.25, -0.2) is 9.80 Å². The summed E-state index contributed by atoms with van der Waals surface area (Å²) in [7, 11) is 0. The maximum atomic E-state index is 13.6. The molecule has 0 radical (unpaired) electrons. The van der Waals surface area contributed by atoms with Crippen molar-refractivity contribution in [2.75, 3.05) is 15.1 Å². The zero-order valence-electron chi connectivity index (χ0n) is 31.1. The fourth-order valence-corrected chi connectivity index (χ4v) is 7.28. The second-order valence-corrected chi connectivity index (χ2v) is 14.3. The lowest BCUT2D eigenvalue weighted by Gasteiger charge is -2.19. The molecule has 6 aromatic carbocycles. The van der Waals surface area contributed by atoms with Crippen molar-refractivity contribution in [3.63, 3.8) is 0 Å². The molecule has 56 heavy (non-hydrogen) atoms. The molecule has 0 unspecified atom stereocenters. The van der Waals surface area contributed by atoms with Gasteiger partial charge in [0.1, 0.15) is 0 Å². The molecule has 0 fully saturated rings. The zero-order valence-corrected chi connectivity index (χ0v) is 31.1. The van der Waals surface area contributed by atoms with Gasteiger partial charge in [0.05, 0.1) is 33.6 Å². The Morgan fingerprint density at radius 3 is 1.39 bits per heavy atom. The van der Waals surface area contributed by atoms with E-state index in [1.807, 2.05) is 76.2 Å². The molecule has 9 heteroatoms. The van der Waals surface area contributed by atoms with Gasteiger partial charge in [-0.3, -0.25) is 28.8 Å². The minimum Gasteiger partial charge on any atom is -0.322 e. The first-order valence-corrected chi connectivity index (χ1v) is 18.1. The second-order valence-electron chi connectivity index (χ2n) is 14.3. The summed E-state index contributed by atoms with van der Waals surface area (Å²) in [6.45, 7) is 7.68. The van der Waals surface area contributed by atoms with E-state index < -0.39 is 29.5 Å². The number of nitrogens with zero attached hydrogens (tertiary/aromatic N) is 2. The number of imide groups is 2. The van der Waals surface area contributed by atoms with Crippen molar-refractivity contribution in [2.45, 2.75) is 34.1 Å². The molecule has 0 atom stereocenters. The van der Waals surface area contributed by atoms with Crippen LogP contribution in [0.5, 0.6) is 0 Å². The smallest absolute Gasteiger partial charge is 0.266 e. The standard InChI is InChI=1S/C47H35N3O6/c1-26-5-9-30(10-6-26)23-42(51)31-11-17-38-40(24-31)46(55)49(44(38)53)34-15-19-36(28(3)21-34)37-20-16-35(22-29(37)4)50-45(54)39-18-12-32(25-41(39)47(50)56)43(52)48-33-13-7-27(2)8-14-33/h5-22,24-25H,23H2,1-4H3,(H,48,52). The molecule has 9 nitrogen and oxygen atoms in total. The molecule has 0 spiro atoms. The van der Waals surface area contributed by atoms with Gasteiger partial charge in [0.2, 0.25) is 0 Å². The Bertz CT molecular complexity index is 2510. The number of carbonyl (C=O) groups is 6. The highest BCUT2D eigenvalue weighted by Crippen LogP contribution is 2.37. The third kappa shape index (κ3) is 6.28. The number of rotatable bonds is 8. The van der Waals surface area contributed by atoms with E-state index in [0.717, 1.165) is 48.7 Å². The zero-order chi connectivity index (χ0) is 39.4. The molecule has 8 rings (SSSR count). The SMILES string of the molecule is Cc1ccc(CC(=O)c2ccc3c(c2)C(=O)N(c2ccc(-c4ccc(N5C(=O)c6ccc(C(=O)Nc7ccc(C)cc7)cc6C5=O)cc4C)c(C)c2)C3=O)cc1. The molecule has 0 saturated heterocycles. The number of benzene rings is 6. The Labute approximate surface area is 323 Å². The average molecular weight is 738 g/mol. The number of amides is 5. The van der Waals surface area contributed by atoms with Crippen LogP contribution in [0.3, 0.4) is 0 Å². The second kappa shape index (κ2) is 13.9. The molecular formula is C47H35N3O6. The molecule has 274 valence electrons. The summed E-state index contributed by atoms with van der Waals surface area (Å²) >= 11 is 0. The molecule has 2 heterocycles. The molecule has 0 saturated carbocycles. The lowest BCUT2D eigenvalue weighted by Crippen LogP contribution is -2.29. The first-order chi connectivity index (χ1) is 26.9. The number of Topliss-reactive ketones (excluding diaryl/α,β-unsaturated/α-hetero) is 1. The Morgan fingerprint density at radius 2 is 0.893 bits per heavy atom. The van der Waals surface area contributed by atoms with Crippen LogP contribution in [-0.2, 0) is 6.42 Å². The maximum Gasteiger partial charge on any atom is 0.266 e. The van der Waals surface area contributed by atoms with E-state index >= 15 is 0 Å². The van der Waals surface area contributed by atoms with Gasteiger partial charge in [-0.1, -0.05) is 65.7 Å². The van der Waals surface area contributed by atoms with Crippen molar-refractivity contribution < 1.29 is 28.8 Å². The summed E-state index contributed by atoms with van der Waals surface area (Å²) < 4.78 is 0. The van der Waals surface area contributed by atoms with Gasteiger partial charge in [-0.05, 0) is 122 Å². The van der Waals surface area contributed by atoms with E-state index in [9.17, 15) is 28.8 Å². The van der Waals surface area contributed by atoms with Crippen LogP contribution in [0.15, 0.2) is 121 Å². The number of fused-ring (bicyclic) bond motifs is 2. The van der Waals surface area contributed by atoms with Crippen LogP contribution in [0.25, 0.3) is 11.1 Å². The normalized spacial score (nSPS) is 13.3. The number of anilines is 3. The van der Waals surface area contributed by atoms with Crippen molar-refractivity contribution in [3.8, 4) is 11.1 Å². The number of hydrogen-bond acceptors (Lipinski definition) is 6. The largest absolute Gasteiger partial charge is 0.322 e. The molecule has 0 aromatic heterocycles. The fraction of sp³-hybridized carbons (Fsp3) is 0.106. The van der Waals surface area contributed by atoms with Gasteiger partial charge in [-0.15, -0.1) is 0 Å². The summed E-state index contributed by atoms with van der Waals surface area (Å²) in [4.78, 5) is 82.6. The Balaban J connectivity index is 0.994. The van der Waals surface area contributed by atoms with Gasteiger partial charge in [0, 0.05) is 23.2 Å². The van der Waals surface area contributed by atoms with E-state index in [4.69, 9.17) is 0 Å². The van der Waals surface area contributed by atoms with Crippen molar-refractivity contribution in [2.24, 2.45) is 0 Å². The van der Waals surface area contributed by atoms with Crippen LogP contribution in [0.4, 0.5) is 17.1 Å². The maximum absolute atomic E-state index is 13.6. The van der Waals surface area contributed by atoms with E-state index in [0.29, 0.717) is 22.6 Å². The summed E-state index contributed by atoms with van der Waals surface area (Å²) in [5, 5.41) is 2.82. The fourth-order valence-electron chi connectivity index (χ4n) is 7.28. The highest BCUT2D eigenvalue weighted by Gasteiger charge is 2.39. The number of nitrogens with one attached hydrogen (secondary N) is 1. The molecular weight excluding hydrogens is 703 g/mol. The number of ketones is 1. The number of aryl methyl sites for hydroxylation is 4. The molecule has 6 aromatic rings. The minimum absolute atomic E-state index is 0.146. The highest BCUT2D eigenvalue weighted by atomic mass is 16.2. The van der Waals surface area contributed by atoms with E-state index in [2.05, 4.69) is 5.32 Å². The van der Waals surface area contributed by atoms with Gasteiger partial charge in [0.25, 0.3) is 29.5 Å². The van der Waals surface area contributed by atoms with Gasteiger partial charge in [0.15, 0.2) is 5.78 Å². The first-order valence-electron chi connectivity index (χ1n) is 18.1. The average Bonchev–Trinajstić information content (AvgIpc) is 3.59. The molecule has 0 bridgehead atoms. The number of hydrogen-bond donors (Lipinski definition) is 1. The monoisotopic (exact) mass is 737 g/mol. The Hall–Kier alpha value is -7.26. The first kappa shape index (κ1) is 35.8. The van der Waals surface area contributed by atoms with Crippen molar-refractivity contribution in [1.82, 2.24) is 0 Å². The van der Waals surface area contributed by atoms with Gasteiger partial charge < -0.3 is 5.32 Å². The predicted molar refractivity (Wildman–Crippen MR) is 215 cm³/mol. The molecule has 5 amide bonds. The summed E-state index contributed by atoms with van der Waals surface area (Å²) in [6, 6.07) is 34.8. The van der Waals surface area contributed by atoms with E-state index in [1.54, 1.807) is 48.5 Å². The van der Waals surface area contributed by atoms with E-state index in [-0.39, 0.29) is 40.0 Å². The third-order valence-electron chi connectivity index (χ3n) is 10.4. The Kier molecular flexibility index (Phi) is 8.85. The lowest BCUT2D eigenvalue weighted by atomic mass is 9.95. The highest BCUT2D eigenvalue weighted by molar-refractivity contribution is 6.35. The lowest BCUT2D eigenvalue weighted by molar-refractivity contribution is 0.0910. The summed E-state index contributed by atoms with van der Waals surface area (Å²) in [6.07, 6.45) is 0.181. The van der Waals surface area contributed by atoms with Gasteiger partial charge >= 0.3 is 0 Å². The Morgan fingerprint density at radius 1 is 0.464 bits per heavy atom. The predicted octanol–water partition coefficient (Wildman–Crippen LogP) is 8.87. The number of carbonyl (C=O) groups excluding carboxylic acids is 6. The van der Waals surface area contributed by atoms with Crippen LogP contribution in [0.1, 0.15) is 90.0 Å². The molecule has 1 N–H and O–H groups in total. The topological polar surface area (TPSA) is 121 Å². The quantitative estimate of drug-likeness (QED) is 0.123. The van der Waals surface area contributed by atoms with Gasteiger partial charge in [-0.2, -0.15) is 0 Å². The third-order valence-corrected chi connectivity index (χ3v) is 10.4. The van der Waals surface area contributed by atoms with Crippen LogP contribution in [0, 0.1) is 27.7 Å². The van der Waals surface area contributed by atoms with Crippen LogP contribution in [0.2, 0.25) is 0 Å². The minimum atomic E-state index is -0.522. The molecule has 0 aliphatic carbocycles. The van der Waals surface area contributed by atoms with Crippen LogP contribution < -0.4 is 15.1 Å². The molecule has 2 aliphatic heterocycles. The summed E-state index contributed by atoms with van der Waals surface area (Å²) in [5.41, 5.74) is 9.10. The van der Waals surface area contributed by atoms with Crippen LogP contribution in [-0.4, -0.2) is 35.3 Å².